The van der Waals surface area contributed by atoms with E-state index in [0.717, 1.165) is 25.0 Å². The van der Waals surface area contributed by atoms with Crippen LogP contribution in [0.15, 0.2) is 23.1 Å². The van der Waals surface area contributed by atoms with Crippen molar-refractivity contribution >= 4 is 33.2 Å². The van der Waals surface area contributed by atoms with E-state index in [-0.39, 0.29) is 22.4 Å². The molecule has 19 heavy (non-hydrogen) atoms. The fourth-order valence-electron chi connectivity index (χ4n) is 1.59. The third-order valence-corrected chi connectivity index (χ3v) is 4.96. The number of hydrogen-bond acceptors (Lipinski definition) is 2. The Bertz CT molecular complexity index is 522. The maximum Gasteiger partial charge on any atom is 0.242 e. The largest absolute Gasteiger partial charge is 0.242 e. The quantitative estimate of drug-likeness (QED) is 0.780. The van der Waals surface area contributed by atoms with E-state index in [1.807, 2.05) is 6.92 Å². The molecule has 3 nitrogen and oxygen atoms in total. The molecule has 0 aliphatic heterocycles. The molecule has 1 rings (SSSR count). The smallest absolute Gasteiger partial charge is 0.211 e. The van der Waals surface area contributed by atoms with Gasteiger partial charge in [-0.15, -0.1) is 11.6 Å². The molecular formula is C12H16Cl2FNO2S. The minimum absolute atomic E-state index is 0.000656. The number of rotatable bonds is 7. The molecule has 0 radical (unpaired) electrons. The number of nitrogens with one attached hydrogen (secondary N) is 1. The van der Waals surface area contributed by atoms with Gasteiger partial charge in [-0.1, -0.05) is 24.9 Å². The second-order valence-corrected chi connectivity index (χ2v) is 6.70. The lowest BCUT2D eigenvalue weighted by Crippen LogP contribution is -2.29. The van der Waals surface area contributed by atoms with Crippen LogP contribution in [0.4, 0.5) is 4.39 Å². The lowest BCUT2D eigenvalue weighted by Gasteiger charge is -2.15. The first-order chi connectivity index (χ1) is 8.90. The SMILES string of the molecule is CCC(CCCl)CNS(=O)(=O)c1cc(F)ccc1Cl. The Balaban J connectivity index is 2.83. The zero-order chi connectivity index (χ0) is 14.5. The fraction of sp³-hybridized carbons (Fsp3) is 0.500. The topological polar surface area (TPSA) is 46.2 Å². The van der Waals surface area contributed by atoms with Crippen LogP contribution < -0.4 is 4.72 Å². The van der Waals surface area contributed by atoms with Crippen molar-refractivity contribution in [2.75, 3.05) is 12.4 Å². The molecule has 0 bridgehead atoms. The van der Waals surface area contributed by atoms with Crippen LogP contribution in [-0.2, 0) is 10.0 Å². The first kappa shape index (κ1) is 16.7. The van der Waals surface area contributed by atoms with E-state index >= 15 is 0 Å². The van der Waals surface area contributed by atoms with Gasteiger partial charge >= 0.3 is 0 Å². The van der Waals surface area contributed by atoms with Crippen LogP contribution in [0.25, 0.3) is 0 Å². The van der Waals surface area contributed by atoms with Gasteiger partial charge in [0.2, 0.25) is 10.0 Å². The second kappa shape index (κ2) is 7.43. The maximum atomic E-state index is 13.1. The van der Waals surface area contributed by atoms with Crippen molar-refractivity contribution in [2.24, 2.45) is 5.92 Å². The average molecular weight is 328 g/mol. The minimum Gasteiger partial charge on any atom is -0.211 e. The molecule has 1 N–H and O–H groups in total. The Hall–Kier alpha value is -0.360. The van der Waals surface area contributed by atoms with Crippen molar-refractivity contribution in [3.63, 3.8) is 0 Å². The molecule has 0 amide bonds. The highest BCUT2D eigenvalue weighted by atomic mass is 35.5. The van der Waals surface area contributed by atoms with Gasteiger partial charge in [-0.05, 0) is 30.5 Å². The monoisotopic (exact) mass is 327 g/mol. The molecule has 0 saturated carbocycles. The Morgan fingerprint density at radius 3 is 2.68 bits per heavy atom. The van der Waals surface area contributed by atoms with Crippen LogP contribution in [0.3, 0.4) is 0 Å². The molecule has 0 spiro atoms. The lowest BCUT2D eigenvalue weighted by molar-refractivity contribution is 0.480. The van der Waals surface area contributed by atoms with Crippen molar-refractivity contribution in [1.29, 1.82) is 0 Å². The van der Waals surface area contributed by atoms with Crippen LogP contribution in [0, 0.1) is 11.7 Å². The highest BCUT2D eigenvalue weighted by molar-refractivity contribution is 7.89. The summed E-state index contributed by atoms with van der Waals surface area (Å²) in [4.78, 5) is -0.241. The first-order valence-corrected chi connectivity index (χ1v) is 8.31. The fourth-order valence-corrected chi connectivity index (χ4v) is 3.53. The van der Waals surface area contributed by atoms with E-state index in [1.54, 1.807) is 0 Å². The van der Waals surface area contributed by atoms with Crippen molar-refractivity contribution < 1.29 is 12.8 Å². The molecule has 0 aliphatic carbocycles. The molecule has 1 aromatic rings. The Morgan fingerprint density at radius 1 is 1.42 bits per heavy atom. The zero-order valence-electron chi connectivity index (χ0n) is 10.5. The molecule has 0 fully saturated rings. The second-order valence-electron chi connectivity index (χ2n) is 4.18. The van der Waals surface area contributed by atoms with Crippen LogP contribution >= 0.6 is 23.2 Å². The van der Waals surface area contributed by atoms with Gasteiger partial charge in [0, 0.05) is 12.4 Å². The number of benzene rings is 1. The number of halogens is 3. The molecule has 0 aliphatic rings. The summed E-state index contributed by atoms with van der Waals surface area (Å²) < 4.78 is 39.6. The molecular weight excluding hydrogens is 312 g/mol. The van der Waals surface area contributed by atoms with Crippen molar-refractivity contribution in [1.82, 2.24) is 4.72 Å². The third-order valence-electron chi connectivity index (χ3n) is 2.84. The molecule has 7 heteroatoms. The van der Waals surface area contributed by atoms with Gasteiger partial charge in [0.1, 0.15) is 10.7 Å². The van der Waals surface area contributed by atoms with Gasteiger partial charge < -0.3 is 0 Å². The van der Waals surface area contributed by atoms with Gasteiger partial charge in [0.05, 0.1) is 5.02 Å². The van der Waals surface area contributed by atoms with Gasteiger partial charge in [-0.3, -0.25) is 0 Å². The average Bonchev–Trinajstić information content (AvgIpc) is 2.37. The first-order valence-electron chi connectivity index (χ1n) is 5.91. The lowest BCUT2D eigenvalue weighted by atomic mass is 10.0. The molecule has 0 heterocycles. The van der Waals surface area contributed by atoms with Gasteiger partial charge in [0.25, 0.3) is 0 Å². The number of alkyl halides is 1. The summed E-state index contributed by atoms with van der Waals surface area (Å²) in [5.74, 6) is -0.0155. The third kappa shape index (κ3) is 4.91. The zero-order valence-corrected chi connectivity index (χ0v) is 12.8. The summed E-state index contributed by atoms with van der Waals surface area (Å²) in [6, 6.07) is 3.25. The predicted octanol–water partition coefficient (Wildman–Crippen LogP) is 3.41. The van der Waals surface area contributed by atoms with Crippen LogP contribution in [0.1, 0.15) is 19.8 Å². The van der Waals surface area contributed by atoms with Crippen molar-refractivity contribution in [3.05, 3.63) is 29.0 Å². The molecule has 0 saturated heterocycles. The van der Waals surface area contributed by atoms with E-state index in [2.05, 4.69) is 4.72 Å². The summed E-state index contributed by atoms with van der Waals surface area (Å²) in [5.41, 5.74) is 0. The van der Waals surface area contributed by atoms with Gasteiger partial charge in [-0.2, -0.15) is 0 Å². The Kier molecular flexibility index (Phi) is 6.53. The maximum absolute atomic E-state index is 13.1. The molecule has 1 unspecified atom stereocenters. The van der Waals surface area contributed by atoms with E-state index < -0.39 is 15.8 Å². The van der Waals surface area contributed by atoms with E-state index in [1.165, 1.54) is 6.07 Å². The summed E-state index contributed by atoms with van der Waals surface area (Å²) >= 11 is 11.4. The number of sulfonamides is 1. The van der Waals surface area contributed by atoms with Crippen LogP contribution in [0.5, 0.6) is 0 Å². The standard InChI is InChI=1S/C12H16Cl2FNO2S/c1-2-9(5-6-13)8-16-19(17,18)12-7-10(15)3-4-11(12)14/h3-4,7,9,16H,2,5-6,8H2,1H3. The van der Waals surface area contributed by atoms with Gasteiger partial charge in [-0.25, -0.2) is 17.5 Å². The molecule has 0 aromatic heterocycles. The molecule has 1 aromatic carbocycles. The number of hydrogen-bond donors (Lipinski definition) is 1. The Labute approximate surface area is 123 Å². The minimum atomic E-state index is -3.80. The molecule has 108 valence electrons. The summed E-state index contributed by atoms with van der Waals surface area (Å²) in [7, 11) is -3.80. The van der Waals surface area contributed by atoms with E-state index in [9.17, 15) is 12.8 Å². The highest BCUT2D eigenvalue weighted by Gasteiger charge is 2.19. The predicted molar refractivity (Wildman–Crippen MR) is 75.7 cm³/mol. The summed E-state index contributed by atoms with van der Waals surface area (Å²) in [6.07, 6.45) is 1.53. The summed E-state index contributed by atoms with van der Waals surface area (Å²) in [6.45, 7) is 2.22. The van der Waals surface area contributed by atoms with E-state index in [0.29, 0.717) is 5.88 Å². The van der Waals surface area contributed by atoms with Crippen LogP contribution in [0.2, 0.25) is 5.02 Å². The molecule has 1 atom stereocenters. The summed E-state index contributed by atoms with van der Waals surface area (Å²) in [5, 5.41) is -0.000656. The van der Waals surface area contributed by atoms with E-state index in [4.69, 9.17) is 23.2 Å². The highest BCUT2D eigenvalue weighted by Crippen LogP contribution is 2.22. The van der Waals surface area contributed by atoms with Gasteiger partial charge in [0.15, 0.2) is 0 Å². The normalized spacial score (nSPS) is 13.5. The Morgan fingerprint density at radius 2 is 2.11 bits per heavy atom. The van der Waals surface area contributed by atoms with Crippen molar-refractivity contribution in [3.8, 4) is 0 Å². The van der Waals surface area contributed by atoms with Crippen molar-refractivity contribution in [2.45, 2.75) is 24.7 Å². The van der Waals surface area contributed by atoms with Crippen LogP contribution in [-0.4, -0.2) is 20.8 Å².